The molecule has 0 spiro atoms. The first-order chi connectivity index (χ1) is 12.1. The Morgan fingerprint density at radius 2 is 1.20 bits per heavy atom. The summed E-state index contributed by atoms with van der Waals surface area (Å²) in [5.74, 6) is -1.75. The van der Waals surface area contributed by atoms with Gasteiger partial charge in [0, 0.05) is 11.9 Å². The largest absolute Gasteiger partial charge is 0.550 e. The summed E-state index contributed by atoms with van der Waals surface area (Å²) < 4.78 is 0. The molecule has 0 heterocycles. The number of aliphatic hydroxyl groups is 2. The van der Waals surface area contributed by atoms with Gasteiger partial charge in [0.05, 0.1) is 12.7 Å². The van der Waals surface area contributed by atoms with Crippen molar-refractivity contribution in [2.24, 2.45) is 5.92 Å². The number of carboxylic acids is 1. The van der Waals surface area contributed by atoms with E-state index in [1.165, 1.54) is 70.6 Å². The number of hydrogen-bond donors (Lipinski definition) is 2. The third-order valence-corrected chi connectivity index (χ3v) is 5.01. The van der Waals surface area contributed by atoms with Crippen LogP contribution in [0.25, 0.3) is 0 Å². The number of carbonyl (C=O) groups is 1. The Labute approximate surface area is 155 Å². The van der Waals surface area contributed by atoms with Crippen LogP contribution in [0.4, 0.5) is 0 Å². The fraction of sp³-hybridized carbons (Fsp3) is 0.952. The lowest BCUT2D eigenvalue weighted by atomic mass is 9.94. The molecule has 2 atom stereocenters. The van der Waals surface area contributed by atoms with Gasteiger partial charge in [0.1, 0.15) is 0 Å². The summed E-state index contributed by atoms with van der Waals surface area (Å²) in [6.07, 6.45) is 17.5. The van der Waals surface area contributed by atoms with Gasteiger partial charge in [0.15, 0.2) is 0 Å². The van der Waals surface area contributed by atoms with Crippen LogP contribution >= 0.6 is 0 Å². The Kier molecular flexibility index (Phi) is 17.7. The van der Waals surface area contributed by atoms with Gasteiger partial charge in [-0.2, -0.15) is 0 Å². The van der Waals surface area contributed by atoms with Crippen molar-refractivity contribution in [2.75, 3.05) is 6.61 Å². The summed E-state index contributed by atoms with van der Waals surface area (Å²) in [6.45, 7) is 1.87. The minimum Gasteiger partial charge on any atom is -0.550 e. The van der Waals surface area contributed by atoms with Crippen molar-refractivity contribution in [2.45, 2.75) is 116 Å². The van der Waals surface area contributed by atoms with Crippen LogP contribution in [0.3, 0.4) is 0 Å². The van der Waals surface area contributed by atoms with Crippen LogP contribution in [0.5, 0.6) is 0 Å². The average molecular weight is 358 g/mol. The highest BCUT2D eigenvalue weighted by atomic mass is 16.4. The molecule has 0 fully saturated rings. The number of carboxylic acid groups (broad SMARTS) is 1. The van der Waals surface area contributed by atoms with Crippen molar-refractivity contribution in [3.8, 4) is 0 Å². The molecular weight excluding hydrogens is 316 g/mol. The molecule has 0 aliphatic carbocycles. The highest BCUT2D eigenvalue weighted by molar-refractivity contribution is 5.67. The molecule has 0 aliphatic rings. The van der Waals surface area contributed by atoms with Gasteiger partial charge in [-0.05, 0) is 12.8 Å². The Morgan fingerprint density at radius 3 is 1.56 bits per heavy atom. The Balaban J connectivity index is 3.35. The highest BCUT2D eigenvalue weighted by Gasteiger charge is 2.14. The van der Waals surface area contributed by atoms with Gasteiger partial charge in [-0.15, -0.1) is 0 Å². The zero-order valence-electron chi connectivity index (χ0n) is 16.4. The molecule has 0 aliphatic heterocycles. The van der Waals surface area contributed by atoms with E-state index in [9.17, 15) is 15.0 Å². The van der Waals surface area contributed by atoms with Crippen molar-refractivity contribution in [1.29, 1.82) is 0 Å². The quantitative estimate of drug-likeness (QED) is 0.343. The highest BCUT2D eigenvalue weighted by Crippen LogP contribution is 2.17. The molecule has 0 aromatic carbocycles. The second kappa shape index (κ2) is 18.2. The lowest BCUT2D eigenvalue weighted by Crippen LogP contribution is -2.34. The van der Waals surface area contributed by atoms with E-state index >= 15 is 0 Å². The molecule has 0 saturated carbocycles. The molecule has 150 valence electrons. The fourth-order valence-electron chi connectivity index (χ4n) is 3.32. The maximum absolute atomic E-state index is 11.0. The third-order valence-electron chi connectivity index (χ3n) is 5.01. The first-order valence-corrected chi connectivity index (χ1v) is 10.6. The van der Waals surface area contributed by atoms with Gasteiger partial charge in [-0.25, -0.2) is 0 Å². The molecule has 0 bridgehead atoms. The van der Waals surface area contributed by atoms with Gasteiger partial charge in [0.2, 0.25) is 0 Å². The molecule has 2 N–H and O–H groups in total. The Bertz CT molecular complexity index is 294. The van der Waals surface area contributed by atoms with Crippen molar-refractivity contribution >= 4 is 5.97 Å². The minimum atomic E-state index is -1.11. The van der Waals surface area contributed by atoms with Gasteiger partial charge in [-0.1, -0.05) is 96.8 Å². The van der Waals surface area contributed by atoms with Crippen LogP contribution in [0.1, 0.15) is 110 Å². The summed E-state index contributed by atoms with van der Waals surface area (Å²) in [5.41, 5.74) is 0. The zero-order valence-corrected chi connectivity index (χ0v) is 16.4. The maximum Gasteiger partial charge on any atom is 0.0777 e. The molecule has 2 unspecified atom stereocenters. The van der Waals surface area contributed by atoms with Crippen molar-refractivity contribution in [3.63, 3.8) is 0 Å². The lowest BCUT2D eigenvalue weighted by molar-refractivity contribution is -0.312. The second-order valence-electron chi connectivity index (χ2n) is 7.47. The van der Waals surface area contributed by atoms with Crippen LogP contribution in [-0.4, -0.2) is 28.9 Å². The molecule has 0 saturated heterocycles. The molecular formula is C21H41O4-. The van der Waals surface area contributed by atoms with Crippen molar-refractivity contribution < 1.29 is 20.1 Å². The molecule has 0 aromatic rings. The van der Waals surface area contributed by atoms with Crippen LogP contribution in [0, 0.1) is 5.92 Å². The second-order valence-corrected chi connectivity index (χ2v) is 7.47. The number of unbranched alkanes of at least 4 members (excludes halogenated alkanes) is 13. The topological polar surface area (TPSA) is 80.6 Å². The van der Waals surface area contributed by atoms with Crippen LogP contribution in [-0.2, 0) is 4.79 Å². The molecule has 0 amide bonds. The predicted molar refractivity (Wildman–Crippen MR) is 101 cm³/mol. The van der Waals surface area contributed by atoms with E-state index in [0.717, 1.165) is 19.3 Å². The molecule has 4 nitrogen and oxygen atoms in total. The van der Waals surface area contributed by atoms with E-state index in [1.807, 2.05) is 0 Å². The van der Waals surface area contributed by atoms with Crippen LogP contribution in [0.2, 0.25) is 0 Å². The monoisotopic (exact) mass is 357 g/mol. The fourth-order valence-corrected chi connectivity index (χ4v) is 3.32. The SMILES string of the molecule is CCCCCCCCCCCCCCCCC(CC(O)CO)C(=O)[O-]. The van der Waals surface area contributed by atoms with E-state index in [0.29, 0.717) is 6.42 Å². The van der Waals surface area contributed by atoms with Crippen LogP contribution < -0.4 is 5.11 Å². The van der Waals surface area contributed by atoms with Gasteiger partial charge in [0.25, 0.3) is 0 Å². The normalized spacial score (nSPS) is 13.7. The maximum atomic E-state index is 11.0. The molecule has 0 radical (unpaired) electrons. The smallest absolute Gasteiger partial charge is 0.0777 e. The van der Waals surface area contributed by atoms with Gasteiger partial charge < -0.3 is 20.1 Å². The number of aliphatic hydroxyl groups excluding tert-OH is 2. The molecule has 0 rings (SSSR count). The molecule has 0 aromatic heterocycles. The number of hydrogen-bond acceptors (Lipinski definition) is 4. The van der Waals surface area contributed by atoms with E-state index in [-0.39, 0.29) is 13.0 Å². The van der Waals surface area contributed by atoms with E-state index in [4.69, 9.17) is 5.11 Å². The molecule has 25 heavy (non-hydrogen) atoms. The first-order valence-electron chi connectivity index (χ1n) is 10.6. The van der Waals surface area contributed by atoms with Crippen LogP contribution in [0.15, 0.2) is 0 Å². The number of aliphatic carboxylic acids is 1. The lowest BCUT2D eigenvalue weighted by Gasteiger charge is -2.20. The van der Waals surface area contributed by atoms with Crippen molar-refractivity contribution in [1.82, 2.24) is 0 Å². The summed E-state index contributed by atoms with van der Waals surface area (Å²) in [4.78, 5) is 11.0. The zero-order chi connectivity index (χ0) is 18.8. The first kappa shape index (κ1) is 24.4. The third kappa shape index (κ3) is 16.6. The number of carbonyl (C=O) groups excluding carboxylic acids is 1. The molecule has 4 heteroatoms. The van der Waals surface area contributed by atoms with Gasteiger partial charge >= 0.3 is 0 Å². The van der Waals surface area contributed by atoms with E-state index < -0.39 is 18.0 Å². The summed E-state index contributed by atoms with van der Waals surface area (Å²) in [7, 11) is 0. The van der Waals surface area contributed by atoms with Gasteiger partial charge in [-0.3, -0.25) is 0 Å². The minimum absolute atomic E-state index is 0.0945. The standard InChI is InChI=1S/C21H42O4/c1-2-3-4-5-6-7-8-9-10-11-12-13-14-15-16-19(21(24)25)17-20(23)18-22/h19-20,22-23H,2-18H2,1H3,(H,24,25)/p-1. The average Bonchev–Trinajstić information content (AvgIpc) is 2.60. The van der Waals surface area contributed by atoms with E-state index in [1.54, 1.807) is 0 Å². The van der Waals surface area contributed by atoms with E-state index in [2.05, 4.69) is 6.92 Å². The number of rotatable bonds is 19. The van der Waals surface area contributed by atoms with Crippen molar-refractivity contribution in [3.05, 3.63) is 0 Å². The predicted octanol–water partition coefficient (Wildman–Crippen LogP) is 3.97. The summed E-state index contributed by atoms with van der Waals surface area (Å²) in [5, 5.41) is 29.2. The summed E-state index contributed by atoms with van der Waals surface area (Å²) in [6, 6.07) is 0. The Hall–Kier alpha value is -0.610. The summed E-state index contributed by atoms with van der Waals surface area (Å²) >= 11 is 0. The Morgan fingerprint density at radius 1 is 0.800 bits per heavy atom.